The van der Waals surface area contributed by atoms with Crippen molar-refractivity contribution in [2.75, 3.05) is 12.9 Å². The molecule has 1 fully saturated rings. The fourth-order valence-electron chi connectivity index (χ4n) is 2.18. The zero-order valence-electron chi connectivity index (χ0n) is 10.1. The number of aliphatic hydroxyl groups is 1. The summed E-state index contributed by atoms with van der Waals surface area (Å²) in [6.07, 6.45) is 1.27. The number of thioether (sulfide) groups is 1. The van der Waals surface area contributed by atoms with Crippen molar-refractivity contribution in [2.45, 2.75) is 30.6 Å². The van der Waals surface area contributed by atoms with Crippen LogP contribution in [-0.4, -0.2) is 28.8 Å². The van der Waals surface area contributed by atoms with E-state index in [1.165, 1.54) is 13.2 Å². The lowest BCUT2D eigenvalue weighted by molar-refractivity contribution is 0.0464. The molecule has 1 aliphatic rings. The second kappa shape index (κ2) is 4.86. The van der Waals surface area contributed by atoms with Crippen molar-refractivity contribution < 1.29 is 14.2 Å². The Morgan fingerprint density at radius 1 is 1.59 bits per heavy atom. The number of halogens is 1. The van der Waals surface area contributed by atoms with Gasteiger partial charge in [-0.25, -0.2) is 4.39 Å². The second-order valence-electron chi connectivity index (χ2n) is 4.51. The number of hydrogen-bond acceptors (Lipinski definition) is 3. The molecule has 0 radical (unpaired) electrons. The molecule has 0 aromatic heterocycles. The van der Waals surface area contributed by atoms with E-state index in [1.807, 2.05) is 13.0 Å². The molecule has 4 heteroatoms. The van der Waals surface area contributed by atoms with E-state index >= 15 is 0 Å². The molecule has 1 heterocycles. The van der Waals surface area contributed by atoms with Crippen molar-refractivity contribution in [3.63, 3.8) is 0 Å². The van der Waals surface area contributed by atoms with Crippen molar-refractivity contribution in [3.05, 3.63) is 29.6 Å². The first-order valence-corrected chi connectivity index (χ1v) is 6.76. The van der Waals surface area contributed by atoms with Crippen LogP contribution in [0.4, 0.5) is 4.39 Å². The van der Waals surface area contributed by atoms with Gasteiger partial charge in [-0.05, 0) is 29.9 Å². The molecule has 0 spiro atoms. The number of hydrogen-bond donors (Lipinski definition) is 1. The summed E-state index contributed by atoms with van der Waals surface area (Å²) < 4.78 is 18.4. The Morgan fingerprint density at radius 3 is 2.88 bits per heavy atom. The lowest BCUT2D eigenvalue weighted by Gasteiger charge is -2.26. The van der Waals surface area contributed by atoms with Crippen LogP contribution in [0.25, 0.3) is 0 Å². The third-order valence-corrected chi connectivity index (χ3v) is 4.76. The summed E-state index contributed by atoms with van der Waals surface area (Å²) >= 11 is 1.77. The minimum Gasteiger partial charge on any atom is -0.494 e. The predicted octanol–water partition coefficient (Wildman–Crippen LogP) is 2.63. The molecule has 1 aromatic carbocycles. The summed E-state index contributed by atoms with van der Waals surface area (Å²) in [7, 11) is 1.45. The topological polar surface area (TPSA) is 29.5 Å². The highest BCUT2D eigenvalue weighted by Gasteiger charge is 2.38. The van der Waals surface area contributed by atoms with Gasteiger partial charge in [0.05, 0.1) is 12.7 Å². The van der Waals surface area contributed by atoms with E-state index in [1.54, 1.807) is 17.8 Å². The maximum atomic E-state index is 13.5. The third kappa shape index (κ3) is 2.58. The number of ether oxygens (including phenoxy) is 1. The largest absolute Gasteiger partial charge is 0.494 e. The van der Waals surface area contributed by atoms with E-state index in [0.717, 1.165) is 17.7 Å². The lowest BCUT2D eigenvalue weighted by Crippen LogP contribution is -2.36. The SMILES string of the molecule is COc1ccc(CC2(O)CCSC2C)cc1F. The molecule has 17 heavy (non-hydrogen) atoms. The van der Waals surface area contributed by atoms with Crippen LogP contribution in [0.5, 0.6) is 5.75 Å². The summed E-state index contributed by atoms with van der Waals surface area (Å²) in [5.41, 5.74) is 0.117. The van der Waals surface area contributed by atoms with Gasteiger partial charge >= 0.3 is 0 Å². The fourth-order valence-corrected chi connectivity index (χ4v) is 3.51. The molecule has 2 rings (SSSR count). The Hall–Kier alpha value is -0.740. The van der Waals surface area contributed by atoms with Gasteiger partial charge in [-0.1, -0.05) is 13.0 Å². The summed E-state index contributed by atoms with van der Waals surface area (Å²) in [6.45, 7) is 2.03. The highest BCUT2D eigenvalue weighted by atomic mass is 32.2. The van der Waals surface area contributed by atoms with Crippen LogP contribution in [0.2, 0.25) is 0 Å². The van der Waals surface area contributed by atoms with Crippen LogP contribution in [0.15, 0.2) is 18.2 Å². The van der Waals surface area contributed by atoms with Crippen LogP contribution >= 0.6 is 11.8 Å². The standard InChI is InChI=1S/C13H17FO2S/c1-9-13(15,5-6-17-9)8-10-3-4-12(16-2)11(14)7-10/h3-4,7,9,15H,5-6,8H2,1-2H3. The predicted molar refractivity (Wildman–Crippen MR) is 68.1 cm³/mol. The molecular formula is C13H17FO2S. The van der Waals surface area contributed by atoms with E-state index in [2.05, 4.69) is 0 Å². The first-order chi connectivity index (χ1) is 8.05. The van der Waals surface area contributed by atoms with Gasteiger partial charge in [0.15, 0.2) is 11.6 Å². The first-order valence-electron chi connectivity index (χ1n) is 5.71. The molecule has 1 N–H and O–H groups in total. The van der Waals surface area contributed by atoms with Crippen LogP contribution in [-0.2, 0) is 6.42 Å². The Bertz CT molecular complexity index is 410. The molecule has 1 aliphatic heterocycles. The molecule has 1 saturated heterocycles. The van der Waals surface area contributed by atoms with Crippen LogP contribution in [0.3, 0.4) is 0 Å². The Kier molecular flexibility index (Phi) is 3.64. The van der Waals surface area contributed by atoms with E-state index in [-0.39, 0.29) is 16.8 Å². The quantitative estimate of drug-likeness (QED) is 0.901. The molecule has 0 bridgehead atoms. The minimum absolute atomic E-state index is 0.202. The van der Waals surface area contributed by atoms with Crippen molar-refractivity contribution in [3.8, 4) is 5.75 Å². The zero-order valence-corrected chi connectivity index (χ0v) is 10.9. The monoisotopic (exact) mass is 256 g/mol. The van der Waals surface area contributed by atoms with E-state index in [9.17, 15) is 9.50 Å². The molecule has 0 aliphatic carbocycles. The lowest BCUT2D eigenvalue weighted by atomic mass is 9.89. The van der Waals surface area contributed by atoms with E-state index in [0.29, 0.717) is 6.42 Å². The highest BCUT2D eigenvalue weighted by molar-refractivity contribution is 8.00. The highest BCUT2D eigenvalue weighted by Crippen LogP contribution is 2.38. The van der Waals surface area contributed by atoms with Crippen LogP contribution in [0, 0.1) is 5.82 Å². The molecule has 1 aromatic rings. The van der Waals surface area contributed by atoms with Gasteiger partial charge in [0.2, 0.25) is 0 Å². The van der Waals surface area contributed by atoms with Gasteiger partial charge < -0.3 is 9.84 Å². The number of benzene rings is 1. The second-order valence-corrected chi connectivity index (χ2v) is 5.96. The maximum Gasteiger partial charge on any atom is 0.165 e. The van der Waals surface area contributed by atoms with Gasteiger partial charge in [0.1, 0.15) is 0 Å². The summed E-state index contributed by atoms with van der Waals surface area (Å²) in [4.78, 5) is 0. The average molecular weight is 256 g/mol. The molecule has 0 saturated carbocycles. The smallest absolute Gasteiger partial charge is 0.165 e. The minimum atomic E-state index is -0.703. The normalized spacial score (nSPS) is 28.4. The van der Waals surface area contributed by atoms with Crippen molar-refractivity contribution in [1.82, 2.24) is 0 Å². The third-order valence-electron chi connectivity index (χ3n) is 3.39. The summed E-state index contributed by atoms with van der Waals surface area (Å²) in [5.74, 6) is 0.845. The van der Waals surface area contributed by atoms with Gasteiger partial charge in [-0.15, -0.1) is 0 Å². The zero-order chi connectivity index (χ0) is 12.5. The van der Waals surface area contributed by atoms with Gasteiger partial charge in [0, 0.05) is 11.7 Å². The Morgan fingerprint density at radius 2 is 2.35 bits per heavy atom. The molecule has 0 amide bonds. The maximum absolute atomic E-state index is 13.5. The Balaban J connectivity index is 2.16. The molecule has 2 atom stereocenters. The summed E-state index contributed by atoms with van der Waals surface area (Å²) in [5, 5.41) is 10.7. The van der Waals surface area contributed by atoms with E-state index < -0.39 is 5.60 Å². The molecule has 2 nitrogen and oxygen atoms in total. The van der Waals surface area contributed by atoms with Crippen molar-refractivity contribution in [2.24, 2.45) is 0 Å². The van der Waals surface area contributed by atoms with Crippen molar-refractivity contribution in [1.29, 1.82) is 0 Å². The number of methoxy groups -OCH3 is 1. The summed E-state index contributed by atoms with van der Waals surface area (Å²) in [6, 6.07) is 4.88. The Labute approximate surface area is 105 Å². The molecule has 94 valence electrons. The molecule has 2 unspecified atom stereocenters. The molecular weight excluding hydrogens is 239 g/mol. The van der Waals surface area contributed by atoms with Crippen LogP contribution in [0.1, 0.15) is 18.9 Å². The fraction of sp³-hybridized carbons (Fsp3) is 0.538. The van der Waals surface area contributed by atoms with Gasteiger partial charge in [-0.3, -0.25) is 0 Å². The van der Waals surface area contributed by atoms with Gasteiger partial charge in [-0.2, -0.15) is 11.8 Å². The van der Waals surface area contributed by atoms with Gasteiger partial charge in [0.25, 0.3) is 0 Å². The first kappa shape index (κ1) is 12.7. The average Bonchev–Trinajstić information content (AvgIpc) is 2.59. The van der Waals surface area contributed by atoms with E-state index in [4.69, 9.17) is 4.74 Å². The van der Waals surface area contributed by atoms with Crippen LogP contribution < -0.4 is 4.74 Å². The number of rotatable bonds is 3. The van der Waals surface area contributed by atoms with Crippen molar-refractivity contribution >= 4 is 11.8 Å².